The second-order valence-electron chi connectivity index (χ2n) is 7.35. The van der Waals surface area contributed by atoms with Crippen molar-refractivity contribution >= 4 is 34.8 Å². The van der Waals surface area contributed by atoms with E-state index in [1.54, 1.807) is 31.8 Å². The van der Waals surface area contributed by atoms with Crippen LogP contribution in [0.5, 0.6) is 11.5 Å². The van der Waals surface area contributed by atoms with Crippen LogP contribution in [0.2, 0.25) is 10.0 Å². The van der Waals surface area contributed by atoms with Gasteiger partial charge in [0, 0.05) is 11.8 Å². The zero-order valence-electron chi connectivity index (χ0n) is 17.4. The third-order valence-electron chi connectivity index (χ3n) is 5.21. The van der Waals surface area contributed by atoms with Gasteiger partial charge in [-0.25, -0.2) is 9.97 Å². The molecule has 0 bridgehead atoms. The predicted octanol–water partition coefficient (Wildman–Crippen LogP) is 4.54. The van der Waals surface area contributed by atoms with Crippen LogP contribution in [-0.4, -0.2) is 39.9 Å². The summed E-state index contributed by atoms with van der Waals surface area (Å²) < 4.78 is 13.1. The van der Waals surface area contributed by atoms with E-state index >= 15 is 0 Å². The minimum absolute atomic E-state index is 0.175. The van der Waals surface area contributed by atoms with Gasteiger partial charge in [0.05, 0.1) is 47.5 Å². The maximum atomic E-state index is 6.39. The fourth-order valence-corrected chi connectivity index (χ4v) is 4.03. The Labute approximate surface area is 190 Å². The van der Waals surface area contributed by atoms with E-state index in [1.807, 2.05) is 17.8 Å². The molecule has 1 saturated heterocycles. The lowest BCUT2D eigenvalue weighted by Crippen LogP contribution is -2.29. The van der Waals surface area contributed by atoms with Crippen LogP contribution in [0, 0.1) is 6.92 Å². The van der Waals surface area contributed by atoms with E-state index in [4.69, 9.17) is 32.7 Å². The number of nitrogens with one attached hydrogen (secondary N) is 2. The number of aromatic nitrogens is 4. The third kappa shape index (κ3) is 5.03. The summed E-state index contributed by atoms with van der Waals surface area (Å²) >= 11 is 12.8. The second kappa shape index (κ2) is 9.72. The smallest absolute Gasteiger partial charge is 0.227 e. The zero-order valence-corrected chi connectivity index (χ0v) is 18.9. The summed E-state index contributed by atoms with van der Waals surface area (Å²) in [6.45, 7) is 4.10. The number of benzene rings is 1. The first-order valence-electron chi connectivity index (χ1n) is 10.0. The van der Waals surface area contributed by atoms with Crippen molar-refractivity contribution in [1.29, 1.82) is 0 Å². The fourth-order valence-electron chi connectivity index (χ4n) is 3.50. The Balaban J connectivity index is 1.38. The molecule has 0 unspecified atom stereocenters. The van der Waals surface area contributed by atoms with E-state index < -0.39 is 0 Å². The van der Waals surface area contributed by atoms with Crippen LogP contribution in [-0.2, 0) is 6.61 Å². The lowest BCUT2D eigenvalue weighted by Gasteiger charge is -2.22. The van der Waals surface area contributed by atoms with E-state index in [0.717, 1.165) is 37.2 Å². The molecule has 0 amide bonds. The van der Waals surface area contributed by atoms with Crippen molar-refractivity contribution in [1.82, 2.24) is 25.1 Å². The fraction of sp³-hybridized carbons (Fsp3) is 0.381. The number of rotatable bonds is 7. The molecule has 3 heterocycles. The molecule has 3 aromatic rings. The van der Waals surface area contributed by atoms with Gasteiger partial charge in [0.25, 0.3) is 0 Å². The van der Waals surface area contributed by atoms with Crippen LogP contribution in [0.1, 0.15) is 30.0 Å². The topological polar surface area (TPSA) is 86.1 Å². The van der Waals surface area contributed by atoms with Crippen LogP contribution in [0.3, 0.4) is 0 Å². The van der Waals surface area contributed by atoms with Crippen LogP contribution >= 0.6 is 23.2 Å². The first-order valence-corrected chi connectivity index (χ1v) is 10.8. The van der Waals surface area contributed by atoms with Gasteiger partial charge in [-0.1, -0.05) is 23.2 Å². The Bertz CT molecular complexity index is 1040. The minimum Gasteiger partial charge on any atom is -0.495 e. The molecule has 1 aromatic carbocycles. The molecule has 1 fully saturated rings. The van der Waals surface area contributed by atoms with Crippen molar-refractivity contribution in [2.45, 2.75) is 32.4 Å². The third-order valence-corrected chi connectivity index (χ3v) is 6.15. The van der Waals surface area contributed by atoms with Crippen molar-refractivity contribution < 1.29 is 9.47 Å². The molecule has 8 nitrogen and oxygen atoms in total. The van der Waals surface area contributed by atoms with Crippen LogP contribution in [0.4, 0.5) is 11.6 Å². The van der Waals surface area contributed by atoms with E-state index in [0.29, 0.717) is 39.1 Å². The van der Waals surface area contributed by atoms with Gasteiger partial charge in [-0.2, -0.15) is 5.10 Å². The molecule has 0 saturated carbocycles. The molecular weight excluding hydrogens is 439 g/mol. The lowest BCUT2D eigenvalue weighted by molar-refractivity contribution is 0.303. The minimum atomic E-state index is 0.175. The Kier molecular flexibility index (Phi) is 6.80. The monoisotopic (exact) mass is 462 g/mol. The lowest BCUT2D eigenvalue weighted by atomic mass is 10.1. The number of piperidine rings is 1. The number of ether oxygens (including phenoxy) is 2. The Hall–Kier alpha value is -2.55. The number of anilines is 2. The molecule has 4 rings (SSSR count). The van der Waals surface area contributed by atoms with Crippen molar-refractivity contribution in [2.75, 3.05) is 25.5 Å². The summed E-state index contributed by atoms with van der Waals surface area (Å²) in [5.41, 5.74) is 2.37. The van der Waals surface area contributed by atoms with Crippen LogP contribution < -0.4 is 20.1 Å². The van der Waals surface area contributed by atoms with Gasteiger partial charge in [-0.05, 0) is 44.5 Å². The maximum Gasteiger partial charge on any atom is 0.227 e. The summed E-state index contributed by atoms with van der Waals surface area (Å²) in [5, 5.41) is 12.0. The average Bonchev–Trinajstić information content (AvgIpc) is 3.26. The zero-order chi connectivity index (χ0) is 21.8. The number of hydrogen-bond acceptors (Lipinski definition) is 7. The number of halogens is 2. The molecule has 2 aromatic heterocycles. The Morgan fingerprint density at radius 3 is 2.61 bits per heavy atom. The second-order valence-corrected chi connectivity index (χ2v) is 8.10. The summed E-state index contributed by atoms with van der Waals surface area (Å²) in [7, 11) is 1.56. The molecule has 164 valence electrons. The molecular formula is C21H24Cl2N6O2. The van der Waals surface area contributed by atoms with E-state index in [9.17, 15) is 0 Å². The molecule has 10 heteroatoms. The summed E-state index contributed by atoms with van der Waals surface area (Å²) in [5.74, 6) is 1.53. The Morgan fingerprint density at radius 1 is 1.16 bits per heavy atom. The normalized spacial score (nSPS) is 14.5. The molecule has 0 atom stereocenters. The quantitative estimate of drug-likeness (QED) is 0.532. The van der Waals surface area contributed by atoms with Crippen molar-refractivity contribution in [2.24, 2.45) is 0 Å². The van der Waals surface area contributed by atoms with Gasteiger partial charge in [-0.15, -0.1) is 0 Å². The van der Waals surface area contributed by atoms with E-state index in [2.05, 4.69) is 25.7 Å². The van der Waals surface area contributed by atoms with E-state index in [1.165, 1.54) is 0 Å². The number of nitrogens with zero attached hydrogens (tertiary/aromatic N) is 4. The van der Waals surface area contributed by atoms with Gasteiger partial charge in [0.1, 0.15) is 12.4 Å². The molecule has 2 N–H and O–H groups in total. The number of aryl methyl sites for hydroxylation is 1. The SMILES string of the molecule is COc1cc(C)c(Cl)c(COc2cnc(Nc3cnn(C4CCNCC4)c3)nc2)c1Cl. The molecule has 1 aliphatic heterocycles. The highest BCUT2D eigenvalue weighted by atomic mass is 35.5. The molecule has 0 spiro atoms. The highest BCUT2D eigenvalue weighted by Crippen LogP contribution is 2.36. The average molecular weight is 463 g/mol. The Morgan fingerprint density at radius 2 is 1.90 bits per heavy atom. The molecule has 0 aliphatic carbocycles. The van der Waals surface area contributed by atoms with Gasteiger partial charge in [0.2, 0.25) is 5.95 Å². The van der Waals surface area contributed by atoms with Crippen LogP contribution in [0.15, 0.2) is 30.9 Å². The van der Waals surface area contributed by atoms with Crippen molar-refractivity contribution in [3.8, 4) is 11.5 Å². The molecule has 1 aliphatic rings. The van der Waals surface area contributed by atoms with Gasteiger partial charge < -0.3 is 20.1 Å². The van der Waals surface area contributed by atoms with Gasteiger partial charge >= 0.3 is 0 Å². The maximum absolute atomic E-state index is 6.39. The largest absolute Gasteiger partial charge is 0.495 e. The van der Waals surface area contributed by atoms with Crippen molar-refractivity contribution in [3.63, 3.8) is 0 Å². The number of methoxy groups -OCH3 is 1. The molecule has 31 heavy (non-hydrogen) atoms. The standard InChI is InChI=1S/C21H24Cl2N6O2/c1-13-7-18(30-2)20(23)17(19(13)22)12-31-16-9-25-21(26-10-16)28-14-8-27-29(11-14)15-3-5-24-6-4-15/h7-11,15,24H,3-6,12H2,1-2H3,(H,25,26,28). The first kappa shape index (κ1) is 21.7. The van der Waals surface area contributed by atoms with Crippen molar-refractivity contribution in [3.05, 3.63) is 52.0 Å². The highest BCUT2D eigenvalue weighted by molar-refractivity contribution is 6.37. The van der Waals surface area contributed by atoms with Crippen LogP contribution in [0.25, 0.3) is 0 Å². The first-order chi connectivity index (χ1) is 15.0. The summed E-state index contributed by atoms with van der Waals surface area (Å²) in [4.78, 5) is 8.64. The summed E-state index contributed by atoms with van der Waals surface area (Å²) in [6, 6.07) is 2.22. The van der Waals surface area contributed by atoms with Gasteiger partial charge in [0.15, 0.2) is 5.75 Å². The summed E-state index contributed by atoms with van der Waals surface area (Å²) in [6.07, 6.45) is 9.11. The van der Waals surface area contributed by atoms with E-state index in [-0.39, 0.29) is 6.61 Å². The molecule has 0 radical (unpaired) electrons. The number of hydrogen-bond donors (Lipinski definition) is 2. The highest BCUT2D eigenvalue weighted by Gasteiger charge is 2.17. The van der Waals surface area contributed by atoms with Gasteiger partial charge in [-0.3, -0.25) is 4.68 Å². The predicted molar refractivity (Wildman–Crippen MR) is 121 cm³/mol.